The minimum Gasteiger partial charge on any atom is -0.350 e. The van der Waals surface area contributed by atoms with E-state index in [9.17, 15) is 22.4 Å². The van der Waals surface area contributed by atoms with Gasteiger partial charge < -0.3 is 10.2 Å². The Morgan fingerprint density at radius 2 is 1.67 bits per heavy atom. The normalized spacial score (nSPS) is 16.4. The fourth-order valence-electron chi connectivity index (χ4n) is 4.05. The molecule has 8 heteroatoms. The molecule has 1 N–H and O–H groups in total. The van der Waals surface area contributed by atoms with Gasteiger partial charge in [0.25, 0.3) is 5.91 Å². The van der Waals surface area contributed by atoms with Gasteiger partial charge in [0.15, 0.2) is 9.84 Å². The minimum absolute atomic E-state index is 0.175. The molecule has 0 radical (unpaired) electrons. The molecular weight excluding hydrogens is 443 g/mol. The molecule has 0 saturated heterocycles. The second kappa shape index (κ2) is 8.78. The molecule has 0 aromatic heterocycles. The number of benzene rings is 3. The van der Waals surface area contributed by atoms with E-state index in [1.807, 2.05) is 0 Å². The molecule has 2 atom stereocenters. The fraction of sp³-hybridized carbons (Fsp3) is 0.200. The van der Waals surface area contributed by atoms with Crippen LogP contribution in [-0.2, 0) is 21.2 Å². The largest absolute Gasteiger partial charge is 0.350 e. The Morgan fingerprint density at radius 3 is 2.30 bits per heavy atom. The van der Waals surface area contributed by atoms with Crippen LogP contribution in [0, 0.1) is 5.82 Å². The lowest BCUT2D eigenvalue weighted by atomic mass is 10.0. The van der Waals surface area contributed by atoms with Gasteiger partial charge in [-0.3, -0.25) is 9.59 Å². The van der Waals surface area contributed by atoms with E-state index in [1.165, 1.54) is 29.2 Å². The van der Waals surface area contributed by atoms with Gasteiger partial charge in [0.2, 0.25) is 5.91 Å². The average molecular weight is 467 g/mol. The monoisotopic (exact) mass is 466 g/mol. The maximum Gasteiger partial charge on any atom is 0.255 e. The molecule has 4 rings (SSSR count). The number of hydrogen-bond donors (Lipinski definition) is 1. The van der Waals surface area contributed by atoms with E-state index in [4.69, 9.17) is 0 Å². The molecule has 0 bridgehead atoms. The molecule has 0 spiro atoms. The van der Waals surface area contributed by atoms with Crippen LogP contribution >= 0.6 is 0 Å². The number of carbonyl (C=O) groups is 2. The van der Waals surface area contributed by atoms with Crippen molar-refractivity contribution in [1.82, 2.24) is 10.2 Å². The second-order valence-electron chi connectivity index (χ2n) is 8.06. The zero-order chi connectivity index (χ0) is 23.8. The van der Waals surface area contributed by atoms with Crippen molar-refractivity contribution in [1.29, 1.82) is 0 Å². The van der Waals surface area contributed by atoms with Gasteiger partial charge in [-0.25, -0.2) is 12.8 Å². The van der Waals surface area contributed by atoms with Gasteiger partial charge in [0.05, 0.1) is 10.9 Å². The highest BCUT2D eigenvalue weighted by molar-refractivity contribution is 7.90. The van der Waals surface area contributed by atoms with Crippen LogP contribution in [0.1, 0.15) is 46.1 Å². The Morgan fingerprint density at radius 1 is 1.03 bits per heavy atom. The molecule has 3 aromatic carbocycles. The first-order chi connectivity index (χ1) is 15.7. The van der Waals surface area contributed by atoms with Crippen LogP contribution in [0.5, 0.6) is 0 Å². The first-order valence-corrected chi connectivity index (χ1v) is 12.3. The summed E-state index contributed by atoms with van der Waals surface area (Å²) in [6, 6.07) is 17.8. The molecule has 33 heavy (non-hydrogen) atoms. The van der Waals surface area contributed by atoms with E-state index in [0.717, 1.165) is 11.8 Å². The molecule has 170 valence electrons. The number of sulfone groups is 1. The van der Waals surface area contributed by atoms with E-state index >= 15 is 0 Å². The van der Waals surface area contributed by atoms with Crippen molar-refractivity contribution in [2.75, 3.05) is 6.26 Å². The first-order valence-electron chi connectivity index (χ1n) is 10.4. The lowest BCUT2D eigenvalue weighted by molar-refractivity contribution is -0.126. The van der Waals surface area contributed by atoms with Crippen molar-refractivity contribution in [3.8, 4) is 0 Å². The van der Waals surface area contributed by atoms with Crippen molar-refractivity contribution in [3.63, 3.8) is 0 Å². The average Bonchev–Trinajstić information content (AvgIpc) is 3.10. The number of nitrogens with one attached hydrogen (secondary N) is 1. The molecule has 0 fully saturated rings. The molecule has 2 amide bonds. The third kappa shape index (κ3) is 4.52. The number of halogens is 1. The van der Waals surface area contributed by atoms with Crippen molar-refractivity contribution in [3.05, 3.63) is 101 Å². The summed E-state index contributed by atoms with van der Waals surface area (Å²) < 4.78 is 36.7. The zero-order valence-electron chi connectivity index (χ0n) is 18.2. The standard InChI is InChI=1S/C25H23FN2O4S/c1-16(18-9-11-19(26)12-10-18)28-23(21-5-3-4-6-22(21)25(28)30)24(29)27-15-17-7-13-20(14-8-17)33(2,31)32/h3-14,16,23H,15H2,1-2H3,(H,27,29)/t16-,23+/m0/s1. The number of hydrogen-bond acceptors (Lipinski definition) is 4. The Labute approximate surface area is 192 Å². The summed E-state index contributed by atoms with van der Waals surface area (Å²) in [5, 5.41) is 2.86. The lowest BCUT2D eigenvalue weighted by Gasteiger charge is -2.31. The van der Waals surface area contributed by atoms with Gasteiger partial charge in [-0.2, -0.15) is 0 Å². The van der Waals surface area contributed by atoms with Gasteiger partial charge in [0.1, 0.15) is 11.9 Å². The highest BCUT2D eigenvalue weighted by Crippen LogP contribution is 2.39. The topological polar surface area (TPSA) is 83.6 Å². The second-order valence-corrected chi connectivity index (χ2v) is 10.1. The molecule has 6 nitrogen and oxygen atoms in total. The maximum atomic E-state index is 13.4. The summed E-state index contributed by atoms with van der Waals surface area (Å²) in [5.41, 5.74) is 2.52. The molecule has 1 aliphatic heterocycles. The molecule has 1 aliphatic rings. The summed E-state index contributed by atoms with van der Waals surface area (Å²) in [5.74, 6) is -0.993. The van der Waals surface area contributed by atoms with Crippen LogP contribution in [0.15, 0.2) is 77.7 Å². The summed E-state index contributed by atoms with van der Waals surface area (Å²) in [6.07, 6.45) is 1.13. The SMILES string of the molecule is C[C@@H](c1ccc(F)cc1)N1C(=O)c2ccccc2[C@@H]1C(=O)NCc1ccc(S(C)(=O)=O)cc1. The number of nitrogens with zero attached hydrogens (tertiary/aromatic N) is 1. The van der Waals surface area contributed by atoms with Crippen LogP contribution in [-0.4, -0.2) is 31.4 Å². The van der Waals surface area contributed by atoms with Crippen LogP contribution in [0.2, 0.25) is 0 Å². The Balaban J connectivity index is 1.59. The molecule has 3 aromatic rings. The third-order valence-electron chi connectivity index (χ3n) is 5.83. The van der Waals surface area contributed by atoms with Crippen molar-refractivity contribution < 1.29 is 22.4 Å². The number of carbonyl (C=O) groups excluding carboxylic acids is 2. The van der Waals surface area contributed by atoms with Crippen molar-refractivity contribution >= 4 is 21.7 Å². The van der Waals surface area contributed by atoms with Gasteiger partial charge in [-0.1, -0.05) is 42.5 Å². The number of rotatable bonds is 6. The Bertz CT molecular complexity index is 1300. The summed E-state index contributed by atoms with van der Waals surface area (Å²) in [4.78, 5) is 28.2. The predicted octanol–water partition coefficient (Wildman–Crippen LogP) is 3.80. The zero-order valence-corrected chi connectivity index (χ0v) is 19.0. The van der Waals surface area contributed by atoms with Gasteiger partial charge in [-0.05, 0) is 53.9 Å². The first kappa shape index (κ1) is 22.7. The molecule has 0 unspecified atom stereocenters. The quantitative estimate of drug-likeness (QED) is 0.599. The highest BCUT2D eigenvalue weighted by atomic mass is 32.2. The van der Waals surface area contributed by atoms with Crippen LogP contribution < -0.4 is 5.32 Å². The molecule has 0 saturated carbocycles. The van der Waals surface area contributed by atoms with Crippen LogP contribution in [0.25, 0.3) is 0 Å². The third-order valence-corrected chi connectivity index (χ3v) is 6.96. The van der Waals surface area contributed by atoms with Crippen LogP contribution in [0.3, 0.4) is 0 Å². The van der Waals surface area contributed by atoms with E-state index in [-0.39, 0.29) is 29.1 Å². The van der Waals surface area contributed by atoms with E-state index < -0.39 is 21.9 Å². The number of fused-ring (bicyclic) bond motifs is 1. The Kier molecular flexibility index (Phi) is 6.03. The fourth-order valence-corrected chi connectivity index (χ4v) is 4.68. The summed E-state index contributed by atoms with van der Waals surface area (Å²) in [7, 11) is -3.30. The Hall–Kier alpha value is -3.52. The predicted molar refractivity (Wildman–Crippen MR) is 122 cm³/mol. The minimum atomic E-state index is -3.30. The van der Waals surface area contributed by atoms with Crippen molar-refractivity contribution in [2.24, 2.45) is 0 Å². The van der Waals surface area contributed by atoms with E-state index in [2.05, 4.69) is 5.32 Å². The van der Waals surface area contributed by atoms with Gasteiger partial charge >= 0.3 is 0 Å². The molecular formula is C25H23FN2O4S. The summed E-state index contributed by atoms with van der Waals surface area (Å²) >= 11 is 0. The molecule has 1 heterocycles. The van der Waals surface area contributed by atoms with E-state index in [0.29, 0.717) is 16.7 Å². The van der Waals surface area contributed by atoms with Crippen LogP contribution in [0.4, 0.5) is 4.39 Å². The van der Waals surface area contributed by atoms with Crippen molar-refractivity contribution in [2.45, 2.75) is 30.4 Å². The van der Waals surface area contributed by atoms with E-state index in [1.54, 1.807) is 55.5 Å². The molecule has 0 aliphatic carbocycles. The highest BCUT2D eigenvalue weighted by Gasteiger charge is 2.43. The maximum absolute atomic E-state index is 13.4. The smallest absolute Gasteiger partial charge is 0.255 e. The summed E-state index contributed by atoms with van der Waals surface area (Å²) in [6.45, 7) is 1.98. The lowest BCUT2D eigenvalue weighted by Crippen LogP contribution is -2.40. The van der Waals surface area contributed by atoms with Gasteiger partial charge in [-0.15, -0.1) is 0 Å². The van der Waals surface area contributed by atoms with Gasteiger partial charge in [0, 0.05) is 18.4 Å². The number of amides is 2.